The lowest BCUT2D eigenvalue weighted by atomic mass is 10.1. The van der Waals surface area contributed by atoms with Crippen molar-refractivity contribution in [3.63, 3.8) is 0 Å². The van der Waals surface area contributed by atoms with Crippen LogP contribution < -0.4 is 4.74 Å². The van der Waals surface area contributed by atoms with Crippen molar-refractivity contribution in [1.82, 2.24) is 14.4 Å². The van der Waals surface area contributed by atoms with Crippen LogP contribution in [0.1, 0.15) is 10.4 Å². The molecule has 0 bridgehead atoms. The Hall–Kier alpha value is -2.89. The highest BCUT2D eigenvalue weighted by molar-refractivity contribution is 5.88. The molecule has 20 heavy (non-hydrogen) atoms. The number of imidazole rings is 1. The third-order valence-corrected chi connectivity index (χ3v) is 3.02. The van der Waals surface area contributed by atoms with Crippen LogP contribution in [0.4, 0.5) is 0 Å². The first-order valence-electron chi connectivity index (χ1n) is 5.90. The smallest absolute Gasteiger partial charge is 0.335 e. The number of benzene rings is 1. The van der Waals surface area contributed by atoms with Gasteiger partial charge in [-0.2, -0.15) is 0 Å². The molecule has 1 aromatic carbocycles. The molecule has 3 rings (SSSR count). The van der Waals surface area contributed by atoms with Gasteiger partial charge in [0.1, 0.15) is 0 Å². The zero-order chi connectivity index (χ0) is 14.1. The van der Waals surface area contributed by atoms with Gasteiger partial charge < -0.3 is 9.84 Å². The molecule has 2 heterocycles. The minimum Gasteiger partial charge on any atom is -0.478 e. The van der Waals surface area contributed by atoms with Crippen LogP contribution >= 0.6 is 0 Å². The summed E-state index contributed by atoms with van der Waals surface area (Å²) in [6.45, 7) is 0. The number of rotatable bonds is 3. The van der Waals surface area contributed by atoms with E-state index in [1.165, 1.54) is 0 Å². The van der Waals surface area contributed by atoms with Crippen molar-refractivity contribution in [2.75, 3.05) is 7.11 Å². The van der Waals surface area contributed by atoms with Crippen molar-refractivity contribution >= 4 is 11.6 Å². The number of nitrogens with zero attached hydrogens (tertiary/aromatic N) is 3. The molecule has 0 atom stereocenters. The van der Waals surface area contributed by atoms with Gasteiger partial charge in [-0.25, -0.2) is 14.8 Å². The van der Waals surface area contributed by atoms with Gasteiger partial charge in [-0.15, -0.1) is 0 Å². The van der Waals surface area contributed by atoms with Crippen LogP contribution in [0.2, 0.25) is 0 Å². The van der Waals surface area contributed by atoms with Gasteiger partial charge in [-0.1, -0.05) is 12.1 Å². The van der Waals surface area contributed by atoms with Crippen molar-refractivity contribution in [3.8, 4) is 17.1 Å². The monoisotopic (exact) mass is 269 g/mol. The topological polar surface area (TPSA) is 76.7 Å². The first-order valence-corrected chi connectivity index (χ1v) is 5.90. The highest BCUT2D eigenvalue weighted by Crippen LogP contribution is 2.24. The van der Waals surface area contributed by atoms with E-state index in [9.17, 15) is 4.79 Å². The second kappa shape index (κ2) is 4.65. The normalized spacial score (nSPS) is 10.7. The van der Waals surface area contributed by atoms with E-state index in [2.05, 4.69) is 9.97 Å². The van der Waals surface area contributed by atoms with Crippen molar-refractivity contribution in [2.24, 2.45) is 0 Å². The molecule has 0 radical (unpaired) electrons. The fourth-order valence-electron chi connectivity index (χ4n) is 2.04. The summed E-state index contributed by atoms with van der Waals surface area (Å²) in [5.74, 6) is -0.499. The average Bonchev–Trinajstić information content (AvgIpc) is 2.91. The van der Waals surface area contributed by atoms with Gasteiger partial charge in [-0.05, 0) is 12.1 Å². The molecule has 1 N–H and O–H groups in total. The van der Waals surface area contributed by atoms with Crippen LogP contribution in [0, 0.1) is 0 Å². The Kier molecular flexibility index (Phi) is 2.83. The second-order valence-corrected chi connectivity index (χ2v) is 4.16. The zero-order valence-electron chi connectivity index (χ0n) is 10.6. The number of aromatic carboxylic acids is 1. The highest BCUT2D eigenvalue weighted by Gasteiger charge is 2.11. The van der Waals surface area contributed by atoms with E-state index in [0.717, 1.165) is 11.3 Å². The van der Waals surface area contributed by atoms with E-state index in [1.807, 2.05) is 4.40 Å². The number of hydrogen-bond acceptors (Lipinski definition) is 4. The number of carboxylic acid groups (broad SMARTS) is 1. The molecule has 2 aromatic heterocycles. The molecule has 0 aliphatic rings. The van der Waals surface area contributed by atoms with E-state index >= 15 is 0 Å². The predicted molar refractivity (Wildman–Crippen MR) is 71.9 cm³/mol. The van der Waals surface area contributed by atoms with Crippen LogP contribution in [-0.2, 0) is 0 Å². The van der Waals surface area contributed by atoms with Gasteiger partial charge >= 0.3 is 5.97 Å². The van der Waals surface area contributed by atoms with Crippen LogP contribution in [0.25, 0.3) is 16.9 Å². The Morgan fingerprint density at radius 3 is 2.65 bits per heavy atom. The van der Waals surface area contributed by atoms with E-state index in [4.69, 9.17) is 9.84 Å². The number of ether oxygens (including phenoxy) is 1. The summed E-state index contributed by atoms with van der Waals surface area (Å²) in [7, 11) is 1.54. The first kappa shape index (κ1) is 12.2. The molecule has 0 aliphatic heterocycles. The predicted octanol–water partition coefficient (Wildman–Crippen LogP) is 2.10. The van der Waals surface area contributed by atoms with Crippen molar-refractivity contribution in [2.45, 2.75) is 0 Å². The molecule has 100 valence electrons. The van der Waals surface area contributed by atoms with Crippen LogP contribution in [0.3, 0.4) is 0 Å². The standard InChI is InChI=1S/C14H11N3O3/c1-20-13-12-16-8-11(17(12)7-6-15-13)9-2-4-10(5-3-9)14(18)19/h2-8H,1H3,(H,18,19). The summed E-state index contributed by atoms with van der Waals surface area (Å²) in [6, 6.07) is 6.63. The Morgan fingerprint density at radius 1 is 1.25 bits per heavy atom. The minimum atomic E-state index is -0.944. The second-order valence-electron chi connectivity index (χ2n) is 4.16. The summed E-state index contributed by atoms with van der Waals surface area (Å²) in [6.07, 6.45) is 5.11. The molecule has 6 heteroatoms. The number of methoxy groups -OCH3 is 1. The Balaban J connectivity index is 2.12. The minimum absolute atomic E-state index is 0.252. The summed E-state index contributed by atoms with van der Waals surface area (Å²) in [5, 5.41) is 8.90. The Labute approximate surface area is 114 Å². The van der Waals surface area contributed by atoms with Gasteiger partial charge in [0.2, 0.25) is 5.65 Å². The molecule has 6 nitrogen and oxygen atoms in total. The van der Waals surface area contributed by atoms with Gasteiger partial charge in [0.25, 0.3) is 5.88 Å². The average molecular weight is 269 g/mol. The lowest BCUT2D eigenvalue weighted by molar-refractivity contribution is 0.0697. The largest absolute Gasteiger partial charge is 0.478 e. The molecule has 0 saturated heterocycles. The first-order chi connectivity index (χ1) is 9.70. The Morgan fingerprint density at radius 2 is 2.00 bits per heavy atom. The van der Waals surface area contributed by atoms with Gasteiger partial charge in [0.15, 0.2) is 0 Å². The molecule has 0 amide bonds. The van der Waals surface area contributed by atoms with Crippen molar-refractivity contribution < 1.29 is 14.6 Å². The number of carboxylic acids is 1. The summed E-state index contributed by atoms with van der Waals surface area (Å²) in [4.78, 5) is 19.2. The molecule has 0 unspecified atom stereocenters. The molecule has 0 fully saturated rings. The fraction of sp³-hybridized carbons (Fsp3) is 0.0714. The van der Waals surface area contributed by atoms with E-state index in [0.29, 0.717) is 11.5 Å². The summed E-state index contributed by atoms with van der Waals surface area (Å²) < 4.78 is 7.00. The number of fused-ring (bicyclic) bond motifs is 1. The number of aromatic nitrogens is 3. The molecule has 3 aromatic rings. The molecule has 0 saturated carbocycles. The van der Waals surface area contributed by atoms with E-state index in [1.54, 1.807) is 50.0 Å². The molecular weight excluding hydrogens is 258 g/mol. The molecule has 0 spiro atoms. The highest BCUT2D eigenvalue weighted by atomic mass is 16.5. The lowest BCUT2D eigenvalue weighted by Gasteiger charge is -2.04. The van der Waals surface area contributed by atoms with Crippen LogP contribution in [-0.4, -0.2) is 32.6 Å². The molecule has 0 aliphatic carbocycles. The Bertz CT molecular complexity index is 778. The zero-order valence-corrected chi connectivity index (χ0v) is 10.6. The molecular formula is C14H11N3O3. The van der Waals surface area contributed by atoms with Crippen LogP contribution in [0.15, 0.2) is 42.9 Å². The van der Waals surface area contributed by atoms with Gasteiger partial charge in [-0.3, -0.25) is 4.40 Å². The van der Waals surface area contributed by atoms with Crippen molar-refractivity contribution in [1.29, 1.82) is 0 Å². The van der Waals surface area contributed by atoms with E-state index in [-0.39, 0.29) is 5.56 Å². The fourth-order valence-corrected chi connectivity index (χ4v) is 2.04. The number of carbonyl (C=O) groups is 1. The maximum atomic E-state index is 10.9. The maximum absolute atomic E-state index is 10.9. The van der Waals surface area contributed by atoms with Gasteiger partial charge in [0.05, 0.1) is 24.6 Å². The third kappa shape index (κ3) is 1.87. The lowest BCUT2D eigenvalue weighted by Crippen LogP contribution is -1.96. The summed E-state index contributed by atoms with van der Waals surface area (Å²) >= 11 is 0. The quantitative estimate of drug-likeness (QED) is 0.788. The van der Waals surface area contributed by atoms with Gasteiger partial charge in [0, 0.05) is 18.0 Å². The SMILES string of the molecule is COc1nccn2c(-c3ccc(C(=O)O)cc3)cnc12. The van der Waals surface area contributed by atoms with E-state index < -0.39 is 5.97 Å². The van der Waals surface area contributed by atoms with Crippen LogP contribution in [0.5, 0.6) is 5.88 Å². The summed E-state index contributed by atoms with van der Waals surface area (Å²) in [5.41, 5.74) is 2.59. The third-order valence-electron chi connectivity index (χ3n) is 3.02. The van der Waals surface area contributed by atoms with Crippen molar-refractivity contribution in [3.05, 3.63) is 48.4 Å². The number of hydrogen-bond donors (Lipinski definition) is 1. The maximum Gasteiger partial charge on any atom is 0.335 e.